The van der Waals surface area contributed by atoms with Crippen molar-refractivity contribution in [2.75, 3.05) is 26.2 Å². The first-order valence-electron chi connectivity index (χ1n) is 10.3. The third-order valence-corrected chi connectivity index (χ3v) is 5.59. The molecule has 4 rings (SSSR count). The Hall–Kier alpha value is -2.93. The number of carbonyl (C=O) groups is 1. The molecule has 0 saturated carbocycles. The molecule has 0 bridgehead atoms. The van der Waals surface area contributed by atoms with E-state index >= 15 is 0 Å². The van der Waals surface area contributed by atoms with E-state index in [0.717, 1.165) is 31.0 Å². The standard InChI is InChI=1S/C23H27FN4O2/c1-16-7-8-28-21(17(2)25-22(28)13-16)15-26-9-11-27(12-10-26)23(29)18(3)30-20-6-4-5-19(24)14-20/h4-8,13-14,18H,9-12,15H2,1-3H3. The molecule has 7 heteroatoms. The third kappa shape index (κ3) is 4.31. The minimum atomic E-state index is -0.650. The summed E-state index contributed by atoms with van der Waals surface area (Å²) in [6, 6.07) is 10.1. The number of pyridine rings is 1. The van der Waals surface area contributed by atoms with E-state index in [1.165, 1.54) is 23.4 Å². The first kappa shape index (κ1) is 20.3. The van der Waals surface area contributed by atoms with E-state index in [-0.39, 0.29) is 11.7 Å². The Bertz CT molecular complexity index is 1060. The van der Waals surface area contributed by atoms with E-state index in [1.54, 1.807) is 19.1 Å². The molecule has 3 aromatic rings. The molecule has 0 radical (unpaired) electrons. The Morgan fingerprint density at radius 3 is 2.67 bits per heavy atom. The Labute approximate surface area is 175 Å². The largest absolute Gasteiger partial charge is 0.481 e. The van der Waals surface area contributed by atoms with Gasteiger partial charge in [-0.3, -0.25) is 9.69 Å². The number of fused-ring (bicyclic) bond motifs is 1. The predicted octanol–water partition coefficient (Wildman–Crippen LogP) is 3.20. The SMILES string of the molecule is Cc1ccn2c(CN3CCN(C(=O)C(C)Oc4cccc(F)c4)CC3)c(C)nc2c1. The van der Waals surface area contributed by atoms with E-state index in [2.05, 4.69) is 39.5 Å². The molecule has 158 valence electrons. The number of aromatic nitrogens is 2. The highest BCUT2D eigenvalue weighted by Gasteiger charge is 2.27. The average Bonchev–Trinajstić information content (AvgIpc) is 3.02. The van der Waals surface area contributed by atoms with Crippen molar-refractivity contribution < 1.29 is 13.9 Å². The number of nitrogens with zero attached hydrogens (tertiary/aromatic N) is 4. The van der Waals surface area contributed by atoms with Crippen LogP contribution < -0.4 is 4.74 Å². The monoisotopic (exact) mass is 410 g/mol. The first-order valence-corrected chi connectivity index (χ1v) is 10.3. The molecule has 1 aromatic carbocycles. The number of rotatable bonds is 5. The Morgan fingerprint density at radius 2 is 1.93 bits per heavy atom. The van der Waals surface area contributed by atoms with Crippen LogP contribution in [0.3, 0.4) is 0 Å². The number of aryl methyl sites for hydroxylation is 2. The van der Waals surface area contributed by atoms with Crippen LogP contribution in [0.4, 0.5) is 4.39 Å². The molecule has 1 unspecified atom stereocenters. The van der Waals surface area contributed by atoms with Gasteiger partial charge < -0.3 is 14.0 Å². The summed E-state index contributed by atoms with van der Waals surface area (Å²) in [5.74, 6) is -0.0770. The zero-order chi connectivity index (χ0) is 21.3. The summed E-state index contributed by atoms with van der Waals surface area (Å²) in [6.45, 7) is 9.49. The van der Waals surface area contributed by atoms with Gasteiger partial charge in [0.2, 0.25) is 0 Å². The van der Waals surface area contributed by atoms with Gasteiger partial charge in [-0.25, -0.2) is 9.37 Å². The zero-order valence-electron chi connectivity index (χ0n) is 17.6. The van der Waals surface area contributed by atoms with Crippen LogP contribution in [-0.2, 0) is 11.3 Å². The number of hydrogen-bond acceptors (Lipinski definition) is 4. The lowest BCUT2D eigenvalue weighted by Gasteiger charge is -2.35. The zero-order valence-corrected chi connectivity index (χ0v) is 17.6. The quantitative estimate of drug-likeness (QED) is 0.648. The molecule has 0 N–H and O–H groups in total. The van der Waals surface area contributed by atoms with Crippen molar-refractivity contribution in [2.24, 2.45) is 0 Å². The van der Waals surface area contributed by atoms with Gasteiger partial charge in [-0.05, 0) is 50.6 Å². The smallest absolute Gasteiger partial charge is 0.263 e. The molecule has 1 amide bonds. The van der Waals surface area contributed by atoms with E-state index in [1.807, 2.05) is 11.8 Å². The van der Waals surface area contributed by atoms with Crippen LogP contribution in [0.2, 0.25) is 0 Å². The highest BCUT2D eigenvalue weighted by molar-refractivity contribution is 5.81. The Kier molecular flexibility index (Phi) is 5.72. The topological polar surface area (TPSA) is 50.1 Å². The second kappa shape index (κ2) is 8.44. The molecule has 2 aromatic heterocycles. The van der Waals surface area contributed by atoms with Gasteiger partial charge in [-0.1, -0.05) is 6.07 Å². The summed E-state index contributed by atoms with van der Waals surface area (Å²) >= 11 is 0. The number of amides is 1. The molecule has 3 heterocycles. The number of piperazine rings is 1. The van der Waals surface area contributed by atoms with Crippen molar-refractivity contribution in [1.82, 2.24) is 19.2 Å². The summed E-state index contributed by atoms with van der Waals surface area (Å²) in [6.07, 6.45) is 1.42. The highest BCUT2D eigenvalue weighted by atomic mass is 19.1. The van der Waals surface area contributed by atoms with Gasteiger partial charge in [0, 0.05) is 45.0 Å². The summed E-state index contributed by atoms with van der Waals surface area (Å²) in [7, 11) is 0. The summed E-state index contributed by atoms with van der Waals surface area (Å²) < 4.78 is 21.1. The van der Waals surface area contributed by atoms with Crippen molar-refractivity contribution >= 4 is 11.6 Å². The van der Waals surface area contributed by atoms with Gasteiger partial charge in [0.1, 0.15) is 17.2 Å². The molecular weight excluding hydrogens is 383 g/mol. The fraction of sp³-hybridized carbons (Fsp3) is 0.391. The van der Waals surface area contributed by atoms with Gasteiger partial charge in [0.05, 0.1) is 11.4 Å². The Balaban J connectivity index is 1.35. The van der Waals surface area contributed by atoms with Crippen LogP contribution in [0.1, 0.15) is 23.9 Å². The lowest BCUT2D eigenvalue weighted by molar-refractivity contribution is -0.139. The van der Waals surface area contributed by atoms with E-state index < -0.39 is 6.10 Å². The number of carbonyl (C=O) groups excluding carboxylic acids is 1. The van der Waals surface area contributed by atoms with Crippen LogP contribution >= 0.6 is 0 Å². The van der Waals surface area contributed by atoms with Gasteiger partial charge in [0.25, 0.3) is 5.91 Å². The highest BCUT2D eigenvalue weighted by Crippen LogP contribution is 2.18. The molecule has 1 aliphatic rings. The van der Waals surface area contributed by atoms with E-state index in [9.17, 15) is 9.18 Å². The van der Waals surface area contributed by atoms with Crippen molar-refractivity contribution in [3.05, 3.63) is 65.4 Å². The van der Waals surface area contributed by atoms with E-state index in [0.29, 0.717) is 18.8 Å². The summed E-state index contributed by atoms with van der Waals surface area (Å²) in [4.78, 5) is 21.6. The minimum Gasteiger partial charge on any atom is -0.481 e. The van der Waals surface area contributed by atoms with Crippen molar-refractivity contribution in [3.8, 4) is 5.75 Å². The van der Waals surface area contributed by atoms with Crippen LogP contribution in [0, 0.1) is 19.7 Å². The van der Waals surface area contributed by atoms with Crippen LogP contribution in [0.5, 0.6) is 5.75 Å². The number of halogens is 1. The first-order chi connectivity index (χ1) is 14.4. The molecule has 30 heavy (non-hydrogen) atoms. The fourth-order valence-electron chi connectivity index (χ4n) is 3.90. The lowest BCUT2D eigenvalue weighted by atomic mass is 10.2. The average molecular weight is 410 g/mol. The minimum absolute atomic E-state index is 0.0691. The number of ether oxygens (including phenoxy) is 1. The summed E-state index contributed by atoms with van der Waals surface area (Å²) in [5, 5.41) is 0. The Morgan fingerprint density at radius 1 is 1.17 bits per heavy atom. The molecule has 0 spiro atoms. The third-order valence-electron chi connectivity index (χ3n) is 5.59. The maximum atomic E-state index is 13.3. The van der Waals surface area contributed by atoms with Crippen LogP contribution in [0.25, 0.3) is 5.65 Å². The van der Waals surface area contributed by atoms with Gasteiger partial charge in [0.15, 0.2) is 6.10 Å². The number of imidazole rings is 1. The molecule has 1 aliphatic heterocycles. The molecule has 1 fully saturated rings. The second-order valence-corrected chi connectivity index (χ2v) is 7.90. The normalized spacial score (nSPS) is 16.1. The summed E-state index contributed by atoms with van der Waals surface area (Å²) in [5.41, 5.74) is 4.39. The van der Waals surface area contributed by atoms with Crippen molar-refractivity contribution in [2.45, 2.75) is 33.4 Å². The maximum absolute atomic E-state index is 13.3. The maximum Gasteiger partial charge on any atom is 0.263 e. The molecule has 0 aliphatic carbocycles. The van der Waals surface area contributed by atoms with Crippen LogP contribution in [0.15, 0.2) is 42.6 Å². The van der Waals surface area contributed by atoms with Gasteiger partial charge in [-0.2, -0.15) is 0 Å². The molecule has 6 nitrogen and oxygen atoms in total. The molecule has 1 saturated heterocycles. The molecular formula is C23H27FN4O2. The van der Waals surface area contributed by atoms with E-state index in [4.69, 9.17) is 4.74 Å². The van der Waals surface area contributed by atoms with Crippen molar-refractivity contribution in [3.63, 3.8) is 0 Å². The second-order valence-electron chi connectivity index (χ2n) is 7.90. The van der Waals surface area contributed by atoms with Gasteiger partial charge >= 0.3 is 0 Å². The lowest BCUT2D eigenvalue weighted by Crippen LogP contribution is -2.51. The fourth-order valence-corrected chi connectivity index (χ4v) is 3.90. The number of hydrogen-bond donors (Lipinski definition) is 0. The predicted molar refractivity (Wildman–Crippen MR) is 113 cm³/mol. The number of benzene rings is 1. The van der Waals surface area contributed by atoms with Gasteiger partial charge in [-0.15, -0.1) is 0 Å². The molecule has 1 atom stereocenters. The van der Waals surface area contributed by atoms with Crippen molar-refractivity contribution in [1.29, 1.82) is 0 Å². The van der Waals surface area contributed by atoms with Crippen LogP contribution in [-0.4, -0.2) is 57.4 Å².